The molecule has 0 aliphatic carbocycles. The van der Waals surface area contributed by atoms with Crippen LogP contribution in [0.5, 0.6) is 11.5 Å². The van der Waals surface area contributed by atoms with Gasteiger partial charge in [-0.25, -0.2) is 0 Å². The van der Waals surface area contributed by atoms with Crippen LogP contribution in [0.15, 0.2) is 36.4 Å². The highest BCUT2D eigenvalue weighted by Crippen LogP contribution is 2.31. The predicted molar refractivity (Wildman–Crippen MR) is 100 cm³/mol. The summed E-state index contributed by atoms with van der Waals surface area (Å²) in [5, 5.41) is 2.98. The average molecular weight is 342 g/mol. The van der Waals surface area contributed by atoms with Gasteiger partial charge in [-0.2, -0.15) is 0 Å². The summed E-state index contributed by atoms with van der Waals surface area (Å²) in [5.74, 6) is 1.35. The van der Waals surface area contributed by atoms with Gasteiger partial charge >= 0.3 is 0 Å². The molecule has 5 heteroatoms. The minimum Gasteiger partial charge on any atom is -0.493 e. The zero-order chi connectivity index (χ0) is 18.4. The fraction of sp³-hybridized carbons (Fsp3) is 0.350. The Balaban J connectivity index is 2.01. The van der Waals surface area contributed by atoms with Gasteiger partial charge in [0.05, 0.1) is 20.8 Å². The van der Waals surface area contributed by atoms with Crippen LogP contribution in [0, 0.1) is 13.8 Å². The van der Waals surface area contributed by atoms with E-state index in [9.17, 15) is 4.79 Å². The summed E-state index contributed by atoms with van der Waals surface area (Å²) >= 11 is 0. The van der Waals surface area contributed by atoms with Crippen molar-refractivity contribution in [2.75, 3.05) is 33.1 Å². The van der Waals surface area contributed by atoms with E-state index in [1.165, 1.54) is 0 Å². The molecule has 25 heavy (non-hydrogen) atoms. The molecule has 0 saturated heterocycles. The van der Waals surface area contributed by atoms with Gasteiger partial charge in [-0.15, -0.1) is 0 Å². The van der Waals surface area contributed by atoms with E-state index in [1.54, 1.807) is 14.2 Å². The largest absolute Gasteiger partial charge is 0.493 e. The summed E-state index contributed by atoms with van der Waals surface area (Å²) in [6.45, 7) is 4.91. The number of aryl methyl sites for hydroxylation is 1. The van der Waals surface area contributed by atoms with Crippen molar-refractivity contribution in [1.82, 2.24) is 4.90 Å². The number of hydrogen-bond donors (Lipinski definition) is 1. The van der Waals surface area contributed by atoms with Crippen molar-refractivity contribution in [3.05, 3.63) is 53.1 Å². The first kappa shape index (κ1) is 18.8. The molecule has 0 radical (unpaired) electrons. The van der Waals surface area contributed by atoms with Crippen LogP contribution < -0.4 is 14.8 Å². The van der Waals surface area contributed by atoms with E-state index in [0.29, 0.717) is 18.0 Å². The van der Waals surface area contributed by atoms with Crippen LogP contribution in [0.2, 0.25) is 0 Å². The minimum absolute atomic E-state index is 0.0435. The third-order valence-electron chi connectivity index (χ3n) is 4.22. The van der Waals surface area contributed by atoms with Gasteiger partial charge in [0, 0.05) is 17.8 Å². The molecule has 0 saturated carbocycles. The molecule has 1 amide bonds. The van der Waals surface area contributed by atoms with Crippen molar-refractivity contribution in [2.24, 2.45) is 0 Å². The molecule has 134 valence electrons. The van der Waals surface area contributed by atoms with Gasteiger partial charge in [-0.05, 0) is 44.2 Å². The van der Waals surface area contributed by atoms with Crippen LogP contribution in [-0.2, 0) is 11.3 Å². The Morgan fingerprint density at radius 1 is 1.08 bits per heavy atom. The number of amides is 1. The van der Waals surface area contributed by atoms with Crippen molar-refractivity contribution < 1.29 is 14.3 Å². The smallest absolute Gasteiger partial charge is 0.238 e. The zero-order valence-corrected chi connectivity index (χ0v) is 15.6. The highest BCUT2D eigenvalue weighted by molar-refractivity contribution is 5.93. The molecule has 0 atom stereocenters. The Labute approximate surface area is 149 Å². The standard InChI is InChI=1S/C20H26N2O3/c1-14-8-6-10-17(15(14)2)21-19(23)13-22(3)12-16-9-7-11-18(24-4)20(16)25-5/h6-11H,12-13H2,1-5H3,(H,21,23). The highest BCUT2D eigenvalue weighted by atomic mass is 16.5. The molecule has 5 nitrogen and oxygen atoms in total. The van der Waals surface area contributed by atoms with E-state index in [-0.39, 0.29) is 12.5 Å². The number of methoxy groups -OCH3 is 2. The number of anilines is 1. The van der Waals surface area contributed by atoms with Crippen LogP contribution in [0.4, 0.5) is 5.69 Å². The Morgan fingerprint density at radius 2 is 1.80 bits per heavy atom. The maximum absolute atomic E-state index is 12.3. The fourth-order valence-corrected chi connectivity index (χ4v) is 2.75. The molecule has 1 N–H and O–H groups in total. The predicted octanol–water partition coefficient (Wildman–Crippen LogP) is 3.39. The SMILES string of the molecule is COc1cccc(CN(C)CC(=O)Nc2cccc(C)c2C)c1OC. The van der Waals surface area contributed by atoms with Crippen molar-refractivity contribution in [2.45, 2.75) is 20.4 Å². The van der Waals surface area contributed by atoms with Crippen LogP contribution >= 0.6 is 0 Å². The third kappa shape index (κ3) is 4.73. The van der Waals surface area contributed by atoms with Crippen molar-refractivity contribution >= 4 is 11.6 Å². The molecule has 2 aromatic carbocycles. The quantitative estimate of drug-likeness (QED) is 0.838. The lowest BCUT2D eigenvalue weighted by atomic mass is 10.1. The topological polar surface area (TPSA) is 50.8 Å². The molecular formula is C20H26N2O3. The Hall–Kier alpha value is -2.53. The van der Waals surface area contributed by atoms with Gasteiger partial charge in [-0.1, -0.05) is 24.3 Å². The lowest BCUT2D eigenvalue weighted by molar-refractivity contribution is -0.117. The molecule has 0 aliphatic heterocycles. The Kier molecular flexibility index (Phi) is 6.42. The van der Waals surface area contributed by atoms with Crippen molar-refractivity contribution in [3.8, 4) is 11.5 Å². The molecule has 2 aromatic rings. The first-order valence-corrected chi connectivity index (χ1v) is 8.20. The van der Waals surface area contributed by atoms with Gasteiger partial charge in [-0.3, -0.25) is 9.69 Å². The summed E-state index contributed by atoms with van der Waals surface area (Å²) in [4.78, 5) is 14.3. The molecule has 0 aromatic heterocycles. The van der Waals surface area contributed by atoms with E-state index in [1.807, 2.05) is 62.2 Å². The minimum atomic E-state index is -0.0435. The lowest BCUT2D eigenvalue weighted by Gasteiger charge is -2.19. The number of hydrogen-bond acceptors (Lipinski definition) is 4. The summed E-state index contributed by atoms with van der Waals surface area (Å²) in [6.07, 6.45) is 0. The summed E-state index contributed by atoms with van der Waals surface area (Å²) in [6, 6.07) is 11.6. The second kappa shape index (κ2) is 8.53. The monoisotopic (exact) mass is 342 g/mol. The summed E-state index contributed by atoms with van der Waals surface area (Å²) in [5.41, 5.74) is 4.08. The van der Waals surface area contributed by atoms with Gasteiger partial charge in [0.15, 0.2) is 11.5 Å². The number of benzene rings is 2. The van der Waals surface area contributed by atoms with Crippen LogP contribution in [0.25, 0.3) is 0 Å². The van der Waals surface area contributed by atoms with Crippen LogP contribution in [0.1, 0.15) is 16.7 Å². The zero-order valence-electron chi connectivity index (χ0n) is 15.6. The number of para-hydroxylation sites is 1. The molecule has 0 aliphatic rings. The number of rotatable bonds is 7. The van der Waals surface area contributed by atoms with Crippen LogP contribution in [-0.4, -0.2) is 38.6 Å². The van der Waals surface area contributed by atoms with Gasteiger partial charge in [0.25, 0.3) is 0 Å². The van der Waals surface area contributed by atoms with Gasteiger partial charge in [0.2, 0.25) is 5.91 Å². The van der Waals surface area contributed by atoms with E-state index in [4.69, 9.17) is 9.47 Å². The molecule has 0 unspecified atom stereocenters. The Bertz CT molecular complexity index is 744. The van der Waals surface area contributed by atoms with E-state index >= 15 is 0 Å². The molecule has 0 heterocycles. The number of likely N-dealkylation sites (N-methyl/N-ethyl adjacent to an activating group) is 1. The highest BCUT2D eigenvalue weighted by Gasteiger charge is 2.14. The second-order valence-corrected chi connectivity index (χ2v) is 6.12. The molecule has 2 rings (SSSR count). The Morgan fingerprint density at radius 3 is 2.48 bits per heavy atom. The number of ether oxygens (including phenoxy) is 2. The molecular weight excluding hydrogens is 316 g/mol. The third-order valence-corrected chi connectivity index (χ3v) is 4.22. The number of carbonyl (C=O) groups excluding carboxylic acids is 1. The summed E-state index contributed by atoms with van der Waals surface area (Å²) in [7, 11) is 5.14. The normalized spacial score (nSPS) is 10.6. The first-order valence-electron chi connectivity index (χ1n) is 8.20. The molecule has 0 bridgehead atoms. The van der Waals surface area contributed by atoms with E-state index in [0.717, 1.165) is 22.4 Å². The maximum Gasteiger partial charge on any atom is 0.238 e. The van der Waals surface area contributed by atoms with Gasteiger partial charge < -0.3 is 14.8 Å². The number of nitrogens with zero attached hydrogens (tertiary/aromatic N) is 1. The second-order valence-electron chi connectivity index (χ2n) is 6.12. The lowest BCUT2D eigenvalue weighted by Crippen LogP contribution is -2.30. The summed E-state index contributed by atoms with van der Waals surface area (Å²) < 4.78 is 10.8. The number of carbonyl (C=O) groups is 1. The fourth-order valence-electron chi connectivity index (χ4n) is 2.75. The first-order chi connectivity index (χ1) is 12.0. The number of nitrogens with one attached hydrogen (secondary N) is 1. The van der Waals surface area contributed by atoms with Crippen LogP contribution in [0.3, 0.4) is 0 Å². The van der Waals surface area contributed by atoms with Crippen molar-refractivity contribution in [1.29, 1.82) is 0 Å². The van der Waals surface area contributed by atoms with E-state index < -0.39 is 0 Å². The van der Waals surface area contributed by atoms with Gasteiger partial charge in [0.1, 0.15) is 0 Å². The molecule has 0 spiro atoms. The van der Waals surface area contributed by atoms with Crippen molar-refractivity contribution in [3.63, 3.8) is 0 Å². The van der Waals surface area contributed by atoms with E-state index in [2.05, 4.69) is 5.32 Å². The maximum atomic E-state index is 12.3. The average Bonchev–Trinajstić information content (AvgIpc) is 2.58. The molecule has 0 fully saturated rings.